The quantitative estimate of drug-likeness (QED) is 0.494. The first-order valence-electron chi connectivity index (χ1n) is 10.6. The van der Waals surface area contributed by atoms with Gasteiger partial charge in [0.15, 0.2) is 17.3 Å². The van der Waals surface area contributed by atoms with E-state index >= 15 is 0 Å². The molecule has 0 fully saturated rings. The van der Waals surface area contributed by atoms with Crippen molar-refractivity contribution in [1.82, 2.24) is 19.7 Å². The van der Waals surface area contributed by atoms with Crippen LogP contribution in [0.5, 0.6) is 11.5 Å². The first kappa shape index (κ1) is 19.4. The molecule has 2 aliphatic rings. The van der Waals surface area contributed by atoms with Gasteiger partial charge in [-0.2, -0.15) is 9.78 Å². The maximum atomic E-state index is 13.0. The van der Waals surface area contributed by atoms with Gasteiger partial charge in [0.1, 0.15) is 18.1 Å². The first-order chi connectivity index (χ1) is 16.2. The highest BCUT2D eigenvalue weighted by molar-refractivity contribution is 5.94. The van der Waals surface area contributed by atoms with Crippen molar-refractivity contribution >= 4 is 11.7 Å². The van der Waals surface area contributed by atoms with Crippen LogP contribution >= 0.6 is 0 Å². The van der Waals surface area contributed by atoms with E-state index in [9.17, 15) is 9.59 Å². The van der Waals surface area contributed by atoms with Gasteiger partial charge in [0, 0.05) is 11.6 Å². The number of hydrogen-bond donors (Lipinski definition) is 2. The average molecular weight is 445 g/mol. The van der Waals surface area contributed by atoms with Crippen LogP contribution in [0.1, 0.15) is 17.7 Å². The van der Waals surface area contributed by atoms with Crippen LogP contribution < -0.4 is 20.3 Å². The summed E-state index contributed by atoms with van der Waals surface area (Å²) in [7, 11) is 0. The molecule has 10 heteroatoms. The Morgan fingerprint density at radius 2 is 2.03 bits per heavy atom. The minimum absolute atomic E-state index is 0.0654. The number of hydrogen-bond acceptors (Lipinski definition) is 7. The Morgan fingerprint density at radius 1 is 1.15 bits per heavy atom. The molecule has 3 aromatic heterocycles. The molecule has 1 atom stereocenters. The maximum absolute atomic E-state index is 13.0. The van der Waals surface area contributed by atoms with Gasteiger partial charge in [0.25, 0.3) is 11.5 Å². The van der Waals surface area contributed by atoms with Gasteiger partial charge in [0.2, 0.25) is 12.1 Å². The standard InChI is InChI=1S/C23H19N5O5/c29-21-13-5-3-6-14(13)24-23(26-21)28-20(11-15(27-28)16-9-4-10-31-16)25-22(30)19-12-32-17-7-1-2-8-18(17)33-19/h1-2,4,7-11,19H,3,5-6,12H2,(H,25,30)(H,24,26,29). The molecule has 10 nitrogen and oxygen atoms in total. The van der Waals surface area contributed by atoms with Crippen LogP contribution in [0, 0.1) is 0 Å². The lowest BCUT2D eigenvalue weighted by Gasteiger charge is -2.25. The summed E-state index contributed by atoms with van der Waals surface area (Å²) < 4.78 is 18.3. The smallest absolute Gasteiger partial charge is 0.270 e. The van der Waals surface area contributed by atoms with Crippen LogP contribution in [0.15, 0.2) is 57.9 Å². The van der Waals surface area contributed by atoms with Gasteiger partial charge in [-0.1, -0.05) is 12.1 Å². The zero-order chi connectivity index (χ0) is 22.4. The summed E-state index contributed by atoms with van der Waals surface area (Å²) in [6.07, 6.45) is 3.00. The van der Waals surface area contributed by atoms with E-state index in [0.29, 0.717) is 40.8 Å². The highest BCUT2D eigenvalue weighted by Gasteiger charge is 2.29. The Labute approximate surface area is 187 Å². The zero-order valence-electron chi connectivity index (χ0n) is 17.4. The molecule has 2 N–H and O–H groups in total. The van der Waals surface area contributed by atoms with E-state index in [1.165, 1.54) is 10.9 Å². The summed E-state index contributed by atoms with van der Waals surface area (Å²) >= 11 is 0. The molecule has 33 heavy (non-hydrogen) atoms. The fourth-order valence-electron chi connectivity index (χ4n) is 4.06. The van der Waals surface area contributed by atoms with Crippen molar-refractivity contribution in [1.29, 1.82) is 0 Å². The summed E-state index contributed by atoms with van der Waals surface area (Å²) in [4.78, 5) is 33.0. The molecule has 1 aromatic carbocycles. The van der Waals surface area contributed by atoms with Crippen molar-refractivity contribution in [3.8, 4) is 28.9 Å². The van der Waals surface area contributed by atoms with Gasteiger partial charge in [-0.05, 0) is 43.5 Å². The Hall–Kier alpha value is -4.34. The fraction of sp³-hybridized carbons (Fsp3) is 0.217. The first-order valence-corrected chi connectivity index (χ1v) is 10.6. The number of benzene rings is 1. The number of nitrogens with one attached hydrogen (secondary N) is 2. The molecular formula is C23H19N5O5. The molecule has 166 valence electrons. The number of furan rings is 1. The molecule has 0 spiro atoms. The molecule has 4 aromatic rings. The third-order valence-electron chi connectivity index (χ3n) is 5.66. The number of nitrogens with zero attached hydrogens (tertiary/aromatic N) is 3. The number of para-hydroxylation sites is 2. The minimum Gasteiger partial charge on any atom is -0.485 e. The summed E-state index contributed by atoms with van der Waals surface area (Å²) in [6.45, 7) is 0.0654. The van der Waals surface area contributed by atoms with Crippen LogP contribution in [0.4, 0.5) is 5.82 Å². The van der Waals surface area contributed by atoms with Crippen molar-refractivity contribution in [3.63, 3.8) is 0 Å². The lowest BCUT2D eigenvalue weighted by atomic mass is 10.2. The second-order valence-corrected chi connectivity index (χ2v) is 7.83. The number of anilines is 1. The summed E-state index contributed by atoms with van der Waals surface area (Å²) in [5.74, 6) is 1.72. The molecule has 1 unspecified atom stereocenters. The number of carbonyl (C=O) groups is 1. The van der Waals surface area contributed by atoms with Crippen LogP contribution in [-0.4, -0.2) is 38.4 Å². The second-order valence-electron chi connectivity index (χ2n) is 7.83. The van der Waals surface area contributed by atoms with Gasteiger partial charge in [0.05, 0.1) is 12.0 Å². The van der Waals surface area contributed by atoms with Crippen molar-refractivity contribution in [2.45, 2.75) is 25.4 Å². The van der Waals surface area contributed by atoms with Crippen molar-refractivity contribution in [2.75, 3.05) is 11.9 Å². The summed E-state index contributed by atoms with van der Waals surface area (Å²) in [5.41, 5.74) is 1.74. The summed E-state index contributed by atoms with van der Waals surface area (Å²) in [6, 6.07) is 12.3. The highest BCUT2D eigenvalue weighted by atomic mass is 16.6. The molecular weight excluding hydrogens is 426 g/mol. The van der Waals surface area contributed by atoms with Gasteiger partial charge in [-0.3, -0.25) is 14.6 Å². The van der Waals surface area contributed by atoms with E-state index in [4.69, 9.17) is 13.9 Å². The summed E-state index contributed by atoms with van der Waals surface area (Å²) in [5, 5.41) is 7.36. The number of ether oxygens (including phenoxy) is 2. The molecule has 6 rings (SSSR count). The molecule has 0 radical (unpaired) electrons. The molecule has 1 aliphatic carbocycles. The Kier molecular flexibility index (Phi) is 4.49. The number of H-pyrrole nitrogens is 1. The Bertz CT molecular complexity index is 1410. The molecule has 0 bridgehead atoms. The third kappa shape index (κ3) is 3.45. The molecule has 4 heterocycles. The third-order valence-corrected chi connectivity index (χ3v) is 5.66. The Morgan fingerprint density at radius 3 is 2.88 bits per heavy atom. The maximum Gasteiger partial charge on any atom is 0.270 e. The fourth-order valence-corrected chi connectivity index (χ4v) is 4.06. The van der Waals surface area contributed by atoms with Gasteiger partial charge < -0.3 is 19.2 Å². The monoisotopic (exact) mass is 445 g/mol. The lowest BCUT2D eigenvalue weighted by molar-refractivity contribution is -0.125. The lowest BCUT2D eigenvalue weighted by Crippen LogP contribution is -2.40. The number of fused-ring (bicyclic) bond motifs is 2. The number of rotatable bonds is 4. The topological polar surface area (TPSA) is 124 Å². The van der Waals surface area contributed by atoms with Gasteiger partial charge >= 0.3 is 0 Å². The number of aromatic amines is 1. The predicted molar refractivity (Wildman–Crippen MR) is 117 cm³/mol. The number of aryl methyl sites for hydroxylation is 1. The van der Waals surface area contributed by atoms with Gasteiger partial charge in [-0.25, -0.2) is 4.98 Å². The van der Waals surface area contributed by atoms with E-state index < -0.39 is 12.0 Å². The van der Waals surface area contributed by atoms with Crippen LogP contribution in [-0.2, 0) is 17.6 Å². The predicted octanol–water partition coefficient (Wildman–Crippen LogP) is 2.48. The van der Waals surface area contributed by atoms with Crippen LogP contribution in [0.25, 0.3) is 17.4 Å². The highest BCUT2D eigenvalue weighted by Crippen LogP contribution is 2.31. The molecule has 0 saturated heterocycles. The van der Waals surface area contributed by atoms with E-state index in [2.05, 4.69) is 20.4 Å². The number of carbonyl (C=O) groups excluding carboxylic acids is 1. The van der Waals surface area contributed by atoms with Crippen LogP contribution in [0.3, 0.4) is 0 Å². The Balaban J connectivity index is 1.35. The van der Waals surface area contributed by atoms with E-state index in [-0.39, 0.29) is 18.1 Å². The normalized spacial score (nSPS) is 16.4. The second kappa shape index (κ2) is 7.66. The minimum atomic E-state index is -0.859. The average Bonchev–Trinajstić information content (AvgIpc) is 3.59. The van der Waals surface area contributed by atoms with Crippen molar-refractivity contribution in [3.05, 3.63) is 70.3 Å². The van der Waals surface area contributed by atoms with E-state index in [0.717, 1.165) is 18.5 Å². The number of aromatic nitrogens is 4. The molecule has 1 aliphatic heterocycles. The van der Waals surface area contributed by atoms with Crippen LogP contribution in [0.2, 0.25) is 0 Å². The SMILES string of the molecule is O=C(Nc1cc(-c2ccco2)nn1-c1nc2c(c(=O)[nH]1)CCC2)C1COc2ccccc2O1. The van der Waals surface area contributed by atoms with Gasteiger partial charge in [-0.15, -0.1) is 0 Å². The van der Waals surface area contributed by atoms with Crippen molar-refractivity contribution in [2.24, 2.45) is 0 Å². The molecule has 1 amide bonds. The van der Waals surface area contributed by atoms with E-state index in [1.54, 1.807) is 30.3 Å². The number of amides is 1. The van der Waals surface area contributed by atoms with E-state index in [1.807, 2.05) is 12.1 Å². The largest absolute Gasteiger partial charge is 0.485 e. The molecule has 0 saturated carbocycles. The van der Waals surface area contributed by atoms with Crippen molar-refractivity contribution < 1.29 is 18.7 Å². The zero-order valence-corrected chi connectivity index (χ0v) is 17.4.